The zero-order valence-electron chi connectivity index (χ0n) is 12.7. The smallest absolute Gasteiger partial charge is 0.449 e. The van der Waals surface area contributed by atoms with Crippen LogP contribution in [0.25, 0.3) is 0 Å². The van der Waals surface area contributed by atoms with Crippen molar-refractivity contribution in [3.05, 3.63) is 33.9 Å². The first-order valence-corrected chi connectivity index (χ1v) is 6.28. The Morgan fingerprint density at radius 2 is 2.33 bits per heavy atom. The second kappa shape index (κ2) is 5.30. The molecule has 2 saturated heterocycles. The average molecular weight is 297 g/mol. The molecular weight excluding hydrogens is 282 g/mol. The molecule has 3 atom stereocenters. The number of non-ortho nitro benzene ring substituents is 1. The summed E-state index contributed by atoms with van der Waals surface area (Å²) in [5.41, 5.74) is -0.194. The molecule has 0 amide bonds. The highest BCUT2D eigenvalue weighted by Gasteiger charge is 2.43. The van der Waals surface area contributed by atoms with E-state index in [1.54, 1.807) is 0 Å². The van der Waals surface area contributed by atoms with E-state index in [0.29, 0.717) is 13.0 Å². The third kappa shape index (κ3) is 2.55. The molecule has 0 unspecified atom stereocenters. The maximum atomic E-state index is 11.0. The van der Waals surface area contributed by atoms with Crippen molar-refractivity contribution in [2.75, 3.05) is 13.2 Å². The van der Waals surface area contributed by atoms with Gasteiger partial charge in [0, 0.05) is 29.5 Å². The number of ether oxygens (including phenoxy) is 3. The van der Waals surface area contributed by atoms with Crippen LogP contribution in [0.5, 0.6) is 5.75 Å². The fourth-order valence-electron chi connectivity index (χ4n) is 2.63. The third-order valence-electron chi connectivity index (χ3n) is 3.56. The summed E-state index contributed by atoms with van der Waals surface area (Å²) in [5.74, 6) is -1.44. The topological polar surface area (TPSA) is 108 Å². The monoisotopic (exact) mass is 297 g/mol. The van der Waals surface area contributed by atoms with Crippen LogP contribution in [-0.2, 0) is 9.47 Å². The molecule has 0 spiro atoms. The Morgan fingerprint density at radius 3 is 3.05 bits per heavy atom. The largest absolute Gasteiger partial charge is 0.511 e. The minimum absolute atomic E-state index is 0.0876. The summed E-state index contributed by atoms with van der Waals surface area (Å²) in [6.45, 7) is -1.77. The Labute approximate surface area is 122 Å². The van der Waals surface area contributed by atoms with Crippen molar-refractivity contribution in [1.29, 1.82) is 0 Å². The van der Waals surface area contributed by atoms with E-state index in [9.17, 15) is 14.9 Å². The van der Waals surface area contributed by atoms with E-state index in [1.807, 2.05) is 0 Å². The zero-order valence-corrected chi connectivity index (χ0v) is 10.7. The van der Waals surface area contributed by atoms with Gasteiger partial charge in [0.15, 0.2) is 6.29 Å². The number of hydrogen-bond donors (Lipinski definition) is 1. The number of nitro benzene ring substituents is 1. The number of carbonyl (C=O) groups is 1. The molecule has 112 valence electrons. The molecule has 0 aromatic heterocycles. The lowest BCUT2D eigenvalue weighted by Crippen LogP contribution is -2.15. The maximum absolute atomic E-state index is 11.0. The van der Waals surface area contributed by atoms with E-state index in [1.165, 1.54) is 0 Å². The van der Waals surface area contributed by atoms with E-state index < -0.39 is 29.8 Å². The fourth-order valence-corrected chi connectivity index (χ4v) is 2.63. The summed E-state index contributed by atoms with van der Waals surface area (Å²) in [5, 5.41) is 19.8. The molecule has 1 aromatic rings. The normalized spacial score (nSPS) is 31.1. The summed E-state index contributed by atoms with van der Waals surface area (Å²) in [7, 11) is 0. The van der Waals surface area contributed by atoms with Gasteiger partial charge in [-0.25, -0.2) is 4.79 Å². The summed E-state index contributed by atoms with van der Waals surface area (Å²) in [4.78, 5) is 21.2. The van der Waals surface area contributed by atoms with Crippen LogP contribution in [0.1, 0.15) is 20.6 Å². The summed E-state index contributed by atoms with van der Waals surface area (Å²) < 4.78 is 31.3. The predicted molar refractivity (Wildman–Crippen MR) is 68.3 cm³/mol. The molecule has 2 aliphatic rings. The highest BCUT2D eigenvalue weighted by Crippen LogP contribution is 2.45. The quantitative estimate of drug-likeness (QED) is 0.394. The number of benzene rings is 1. The Kier molecular flexibility index (Phi) is 2.90. The van der Waals surface area contributed by atoms with Crippen molar-refractivity contribution >= 4 is 11.8 Å². The van der Waals surface area contributed by atoms with E-state index in [0.717, 1.165) is 18.2 Å². The van der Waals surface area contributed by atoms with E-state index in [-0.39, 0.29) is 22.9 Å². The van der Waals surface area contributed by atoms with E-state index in [4.69, 9.17) is 17.3 Å². The second-order valence-electron chi connectivity index (χ2n) is 4.75. The van der Waals surface area contributed by atoms with Gasteiger partial charge in [-0.2, -0.15) is 0 Å². The number of fused-ring (bicyclic) bond motifs is 1. The number of rotatable bonds is 3. The Hall–Kier alpha value is -2.19. The van der Waals surface area contributed by atoms with Gasteiger partial charge in [0.2, 0.25) is 0 Å². The lowest BCUT2D eigenvalue weighted by atomic mass is 9.86. The number of nitrogens with zero attached hydrogens (tertiary/aromatic N) is 1. The molecule has 1 N–H and O–H groups in total. The van der Waals surface area contributed by atoms with Gasteiger partial charge >= 0.3 is 6.16 Å². The van der Waals surface area contributed by atoms with Crippen molar-refractivity contribution in [3.63, 3.8) is 0 Å². The molecule has 0 bridgehead atoms. The fraction of sp³-hybridized carbons (Fsp3) is 0.462. The predicted octanol–water partition coefficient (Wildman–Crippen LogP) is 2.13. The van der Waals surface area contributed by atoms with Crippen LogP contribution in [0.4, 0.5) is 10.5 Å². The van der Waals surface area contributed by atoms with Gasteiger partial charge in [-0.3, -0.25) is 10.1 Å². The number of carboxylic acid groups (broad SMARTS) is 1. The molecular formula is C13H13NO7. The minimum Gasteiger partial charge on any atom is -0.449 e. The molecule has 0 radical (unpaired) electrons. The molecule has 2 fully saturated rings. The number of hydrogen-bond acceptors (Lipinski definition) is 6. The van der Waals surface area contributed by atoms with Gasteiger partial charge in [-0.1, -0.05) is 0 Å². The molecule has 1 aromatic carbocycles. The van der Waals surface area contributed by atoms with Crippen molar-refractivity contribution in [3.8, 4) is 5.75 Å². The first-order chi connectivity index (χ1) is 10.8. The van der Waals surface area contributed by atoms with Gasteiger partial charge in [-0.05, 0) is 12.5 Å². The van der Waals surface area contributed by atoms with Crippen molar-refractivity contribution in [2.24, 2.45) is 5.92 Å². The van der Waals surface area contributed by atoms with Crippen molar-refractivity contribution < 1.29 is 31.8 Å². The lowest BCUT2D eigenvalue weighted by Gasteiger charge is -2.17. The van der Waals surface area contributed by atoms with Crippen LogP contribution in [0, 0.1) is 16.0 Å². The van der Waals surface area contributed by atoms with Crippen molar-refractivity contribution in [2.45, 2.75) is 18.6 Å². The molecule has 0 saturated carbocycles. The van der Waals surface area contributed by atoms with Crippen LogP contribution in [0.15, 0.2) is 18.2 Å². The number of nitro groups is 1. The average Bonchev–Trinajstić information content (AvgIpc) is 2.95. The van der Waals surface area contributed by atoms with Gasteiger partial charge < -0.3 is 19.3 Å². The summed E-state index contributed by atoms with van der Waals surface area (Å²) in [6.07, 6.45) is -1.84. The molecule has 21 heavy (non-hydrogen) atoms. The van der Waals surface area contributed by atoms with Crippen LogP contribution in [0.3, 0.4) is 0 Å². The SMILES string of the molecule is [2H]C1([2H])O[C@H]2OCC[C@H]2[C@@H]1c1cc([N+](=O)[O-])ccc1OC(=O)O. The molecule has 2 heterocycles. The van der Waals surface area contributed by atoms with Crippen LogP contribution >= 0.6 is 0 Å². The van der Waals surface area contributed by atoms with Gasteiger partial charge in [-0.15, -0.1) is 0 Å². The van der Waals surface area contributed by atoms with Crippen molar-refractivity contribution in [1.82, 2.24) is 0 Å². The minimum atomic E-state index is -2.15. The maximum Gasteiger partial charge on any atom is 0.511 e. The second-order valence-corrected chi connectivity index (χ2v) is 4.75. The van der Waals surface area contributed by atoms with Crippen LogP contribution in [-0.4, -0.2) is 35.6 Å². The van der Waals surface area contributed by atoms with E-state index in [2.05, 4.69) is 4.74 Å². The third-order valence-corrected chi connectivity index (χ3v) is 3.56. The zero-order chi connectivity index (χ0) is 16.8. The first kappa shape index (κ1) is 11.5. The van der Waals surface area contributed by atoms with Gasteiger partial charge in [0.1, 0.15) is 5.75 Å². The van der Waals surface area contributed by atoms with Crippen LogP contribution in [0.2, 0.25) is 0 Å². The highest BCUT2D eigenvalue weighted by molar-refractivity contribution is 5.63. The van der Waals surface area contributed by atoms with Crippen LogP contribution < -0.4 is 4.74 Å². The van der Waals surface area contributed by atoms with Gasteiger partial charge in [0.05, 0.1) is 20.8 Å². The Bertz CT molecular complexity index is 666. The lowest BCUT2D eigenvalue weighted by molar-refractivity contribution is -0.385. The highest BCUT2D eigenvalue weighted by atomic mass is 16.7. The standard InChI is InChI=1S/C13H13NO7/c15-13(16)21-11-2-1-7(14(17)18)5-9(11)10-6-20-12-8(10)3-4-19-12/h1-2,5,8,10,12H,3-4,6H2,(H,15,16)/t8-,10+,12+/m0/s1/i6D2. The van der Waals surface area contributed by atoms with Gasteiger partial charge in [0.25, 0.3) is 5.69 Å². The van der Waals surface area contributed by atoms with E-state index >= 15 is 0 Å². The molecule has 8 heteroatoms. The molecule has 3 rings (SSSR count). The first-order valence-electron chi connectivity index (χ1n) is 7.28. The molecule has 8 nitrogen and oxygen atoms in total. The Balaban J connectivity index is 2.09. The molecule has 2 aliphatic heterocycles. The molecule has 0 aliphatic carbocycles. The Morgan fingerprint density at radius 1 is 1.52 bits per heavy atom. The summed E-state index contributed by atoms with van der Waals surface area (Å²) >= 11 is 0. The summed E-state index contributed by atoms with van der Waals surface area (Å²) in [6, 6.07) is 3.39.